The van der Waals surface area contributed by atoms with E-state index in [0.29, 0.717) is 5.76 Å². The lowest BCUT2D eigenvalue weighted by atomic mass is 10.1. The normalized spacial score (nSPS) is 12.5. The lowest BCUT2D eigenvalue weighted by Crippen LogP contribution is -2.02. The highest BCUT2D eigenvalue weighted by atomic mass is 32.1. The van der Waals surface area contributed by atoms with E-state index in [1.54, 1.807) is 18.4 Å². The van der Waals surface area contributed by atoms with Gasteiger partial charge in [-0.25, -0.2) is 4.98 Å². The van der Waals surface area contributed by atoms with Crippen LogP contribution in [0.2, 0.25) is 0 Å². The zero-order chi connectivity index (χ0) is 16.1. The second kappa shape index (κ2) is 7.27. The molecular weight excluding hydrogens is 292 g/mol. The maximum atomic E-state index is 5.05. The van der Waals surface area contributed by atoms with Gasteiger partial charge in [-0.1, -0.05) is 18.2 Å². The summed E-state index contributed by atoms with van der Waals surface area (Å²) in [4.78, 5) is 4.52. The molecule has 0 aliphatic rings. The maximum absolute atomic E-state index is 5.05. The molecule has 1 heterocycles. The van der Waals surface area contributed by atoms with Gasteiger partial charge in [0.25, 0.3) is 0 Å². The quantitative estimate of drug-likeness (QED) is 0.597. The molecule has 3 nitrogen and oxygen atoms in total. The summed E-state index contributed by atoms with van der Waals surface area (Å²) in [6.45, 7) is 10.8. The third-order valence-electron chi connectivity index (χ3n) is 3.19. The summed E-state index contributed by atoms with van der Waals surface area (Å²) >= 11 is 1.72. The fraction of sp³-hybridized carbons (Fsp3) is 0.278. The van der Waals surface area contributed by atoms with Gasteiger partial charge in [0, 0.05) is 12.2 Å². The molecule has 0 bridgehead atoms. The number of rotatable bonds is 6. The minimum absolute atomic E-state index is 0.666. The molecule has 0 spiro atoms. The number of hydrogen-bond donors (Lipinski definition) is 1. The summed E-state index contributed by atoms with van der Waals surface area (Å²) in [6, 6.07) is 6.32. The van der Waals surface area contributed by atoms with Crippen LogP contribution in [0.1, 0.15) is 18.9 Å². The van der Waals surface area contributed by atoms with Crippen molar-refractivity contribution in [2.45, 2.75) is 20.8 Å². The van der Waals surface area contributed by atoms with Gasteiger partial charge in [-0.05, 0) is 50.6 Å². The molecule has 4 heteroatoms. The molecule has 0 aliphatic heterocycles. The summed E-state index contributed by atoms with van der Waals surface area (Å²) in [5.74, 6) is 0.666. The monoisotopic (exact) mass is 314 g/mol. The largest absolute Gasteiger partial charge is 0.497 e. The van der Waals surface area contributed by atoms with Crippen molar-refractivity contribution >= 4 is 27.2 Å². The molecule has 1 aromatic heterocycles. The molecule has 1 N–H and O–H groups in total. The number of aromatic nitrogens is 1. The Labute approximate surface area is 136 Å². The van der Waals surface area contributed by atoms with Crippen LogP contribution in [0.3, 0.4) is 0 Å². The minimum atomic E-state index is 0.666. The van der Waals surface area contributed by atoms with E-state index in [4.69, 9.17) is 4.74 Å². The van der Waals surface area contributed by atoms with Crippen LogP contribution in [0.15, 0.2) is 53.8 Å². The number of hydrogen-bond acceptors (Lipinski definition) is 4. The molecule has 2 aromatic rings. The fourth-order valence-electron chi connectivity index (χ4n) is 2.19. The van der Waals surface area contributed by atoms with Crippen molar-refractivity contribution in [2.75, 3.05) is 19.0 Å². The molecule has 0 aliphatic carbocycles. The van der Waals surface area contributed by atoms with Crippen LogP contribution < -0.4 is 5.32 Å². The highest BCUT2D eigenvalue weighted by molar-refractivity contribution is 7.18. The van der Waals surface area contributed by atoms with Crippen molar-refractivity contribution in [3.05, 3.63) is 58.8 Å². The lowest BCUT2D eigenvalue weighted by Gasteiger charge is -2.07. The molecule has 0 radical (unpaired) electrons. The highest BCUT2D eigenvalue weighted by Crippen LogP contribution is 2.24. The van der Waals surface area contributed by atoms with Crippen LogP contribution in [0.4, 0.5) is 5.69 Å². The first kappa shape index (κ1) is 16.3. The average molecular weight is 314 g/mol. The van der Waals surface area contributed by atoms with Crippen molar-refractivity contribution in [1.29, 1.82) is 0 Å². The van der Waals surface area contributed by atoms with Gasteiger partial charge in [-0.2, -0.15) is 0 Å². The Morgan fingerprint density at radius 2 is 2.14 bits per heavy atom. The lowest BCUT2D eigenvalue weighted by molar-refractivity contribution is 0.308. The van der Waals surface area contributed by atoms with Crippen LogP contribution >= 0.6 is 11.3 Å². The van der Waals surface area contributed by atoms with E-state index >= 15 is 0 Å². The van der Waals surface area contributed by atoms with Gasteiger partial charge in [-0.15, -0.1) is 11.3 Å². The van der Waals surface area contributed by atoms with Crippen molar-refractivity contribution in [2.24, 2.45) is 0 Å². The minimum Gasteiger partial charge on any atom is -0.497 e. The summed E-state index contributed by atoms with van der Waals surface area (Å²) in [6.07, 6.45) is 4.05. The van der Waals surface area contributed by atoms with Crippen LogP contribution in [0.25, 0.3) is 10.2 Å². The average Bonchev–Trinajstić information content (AvgIpc) is 2.83. The number of anilines is 1. The molecule has 22 heavy (non-hydrogen) atoms. The molecule has 0 saturated carbocycles. The van der Waals surface area contributed by atoms with E-state index in [-0.39, 0.29) is 0 Å². The number of aryl methyl sites for hydroxylation is 1. The van der Waals surface area contributed by atoms with Gasteiger partial charge in [0.15, 0.2) is 0 Å². The third-order valence-corrected chi connectivity index (χ3v) is 4.14. The number of ether oxygens (including phenoxy) is 1. The molecule has 2 rings (SSSR count). The van der Waals surface area contributed by atoms with E-state index in [9.17, 15) is 0 Å². The standard InChI is InChI=1S/C18H22N2OS/c1-12(9-14(3)21-5)8-13(2)11-19-16-6-7-18-17(10-16)20-15(4)22-18/h6-10,19H,3,11H2,1-2,4-5H3/b12-9+,13-8+. The smallest absolute Gasteiger partial charge is 0.111 e. The summed E-state index contributed by atoms with van der Waals surface area (Å²) in [5.41, 5.74) is 4.51. The second-order valence-corrected chi connectivity index (χ2v) is 6.55. The Kier molecular flexibility index (Phi) is 5.39. The van der Waals surface area contributed by atoms with Crippen LogP contribution in [-0.4, -0.2) is 18.6 Å². The van der Waals surface area contributed by atoms with Gasteiger partial charge in [0.1, 0.15) is 5.76 Å². The molecule has 1 aromatic carbocycles. The van der Waals surface area contributed by atoms with Crippen LogP contribution in [0.5, 0.6) is 0 Å². The number of allylic oxidation sites excluding steroid dienone is 3. The zero-order valence-electron chi connectivity index (χ0n) is 13.6. The summed E-state index contributed by atoms with van der Waals surface area (Å²) < 4.78 is 6.28. The Hall–Kier alpha value is -2.07. The van der Waals surface area contributed by atoms with Crippen LogP contribution in [-0.2, 0) is 4.74 Å². The predicted octanol–water partition coefficient (Wildman–Crippen LogP) is 5.07. The predicted molar refractivity (Wildman–Crippen MR) is 96.5 cm³/mol. The Morgan fingerprint density at radius 3 is 2.86 bits per heavy atom. The van der Waals surface area contributed by atoms with Gasteiger partial charge in [0.05, 0.1) is 22.3 Å². The van der Waals surface area contributed by atoms with Gasteiger partial charge < -0.3 is 10.1 Å². The molecule has 0 amide bonds. The molecule has 0 fully saturated rings. The van der Waals surface area contributed by atoms with Crippen molar-refractivity contribution in [3.63, 3.8) is 0 Å². The number of nitrogens with zero attached hydrogens (tertiary/aromatic N) is 1. The van der Waals surface area contributed by atoms with Crippen molar-refractivity contribution in [3.8, 4) is 0 Å². The van der Waals surface area contributed by atoms with Gasteiger partial charge >= 0.3 is 0 Å². The molecule has 116 valence electrons. The number of fused-ring (bicyclic) bond motifs is 1. The van der Waals surface area contributed by atoms with Crippen molar-refractivity contribution < 1.29 is 4.74 Å². The van der Waals surface area contributed by atoms with Gasteiger partial charge in [-0.3, -0.25) is 0 Å². The maximum Gasteiger partial charge on any atom is 0.111 e. The molecular formula is C18H22N2OS. The number of benzene rings is 1. The Morgan fingerprint density at radius 1 is 1.36 bits per heavy atom. The topological polar surface area (TPSA) is 34.2 Å². The Bertz CT molecular complexity index is 741. The molecule has 0 atom stereocenters. The fourth-order valence-corrected chi connectivity index (χ4v) is 3.00. The van der Waals surface area contributed by atoms with E-state index < -0.39 is 0 Å². The summed E-state index contributed by atoms with van der Waals surface area (Å²) in [7, 11) is 1.63. The van der Waals surface area contributed by atoms with E-state index in [1.165, 1.54) is 10.3 Å². The third kappa shape index (κ3) is 4.46. The summed E-state index contributed by atoms with van der Waals surface area (Å²) in [5, 5.41) is 4.53. The molecule has 0 saturated heterocycles. The first-order valence-corrected chi connectivity index (χ1v) is 7.99. The van der Waals surface area contributed by atoms with Gasteiger partial charge in [0.2, 0.25) is 0 Å². The zero-order valence-corrected chi connectivity index (χ0v) is 14.4. The second-order valence-electron chi connectivity index (χ2n) is 5.32. The number of thiazole rings is 1. The van der Waals surface area contributed by atoms with E-state index in [2.05, 4.69) is 48.1 Å². The van der Waals surface area contributed by atoms with E-state index in [0.717, 1.165) is 28.3 Å². The Balaban J connectivity index is 2.01. The highest BCUT2D eigenvalue weighted by Gasteiger charge is 2.01. The first-order chi connectivity index (χ1) is 10.5. The molecule has 0 unspecified atom stereocenters. The number of nitrogens with one attached hydrogen (secondary N) is 1. The van der Waals surface area contributed by atoms with E-state index in [1.807, 2.05) is 19.9 Å². The number of methoxy groups -OCH3 is 1. The van der Waals surface area contributed by atoms with Crippen LogP contribution in [0, 0.1) is 6.92 Å². The first-order valence-electron chi connectivity index (χ1n) is 7.17. The SMILES string of the molecule is C=C(/C=C(C)/C=C(\C)CNc1ccc2sc(C)nc2c1)OC. The van der Waals surface area contributed by atoms with Crippen molar-refractivity contribution in [1.82, 2.24) is 4.98 Å².